The van der Waals surface area contributed by atoms with Gasteiger partial charge in [0, 0.05) is 39.7 Å². The van der Waals surface area contributed by atoms with Gasteiger partial charge in [0.15, 0.2) is 11.4 Å². The van der Waals surface area contributed by atoms with Gasteiger partial charge in [0.25, 0.3) is 0 Å². The maximum atomic E-state index is 12.2. The molecule has 200 valence electrons. The van der Waals surface area contributed by atoms with Gasteiger partial charge in [0.1, 0.15) is 0 Å². The number of amides is 3. The Morgan fingerprint density at radius 2 is 1.47 bits per heavy atom. The van der Waals surface area contributed by atoms with Crippen LogP contribution >= 0.6 is 22.7 Å². The maximum absolute atomic E-state index is 12.2. The number of aromatic nitrogens is 1. The standard InChI is InChI=1S/C24H37N5O5S2/c1-15(30)26-19-27-16(14-35-19)8-9-17-10-11-18(36-17)12-13-25-20(28(21(31)32)23(2,3)4)29(22(33)34)24(5,6)7/h10-11,14,20,25H,8-9,12-13H2,1-7H3,(H,31,32)(H,33,34)(H,26,27,30). The van der Waals surface area contributed by atoms with Crippen LogP contribution in [0.4, 0.5) is 14.7 Å². The zero-order valence-corrected chi connectivity index (χ0v) is 23.5. The predicted octanol–water partition coefficient (Wildman–Crippen LogP) is 4.92. The van der Waals surface area contributed by atoms with Gasteiger partial charge in [-0.05, 0) is 72.9 Å². The molecule has 0 saturated heterocycles. The van der Waals surface area contributed by atoms with Crippen molar-refractivity contribution in [2.24, 2.45) is 0 Å². The molecular formula is C24H37N5O5S2. The number of nitrogens with zero attached hydrogens (tertiary/aromatic N) is 3. The van der Waals surface area contributed by atoms with Crippen molar-refractivity contribution in [2.45, 2.75) is 85.1 Å². The smallest absolute Gasteiger partial charge is 0.410 e. The minimum absolute atomic E-state index is 0.141. The second-order valence-electron chi connectivity index (χ2n) is 10.4. The first-order valence-electron chi connectivity index (χ1n) is 11.7. The normalized spacial score (nSPS) is 12.0. The van der Waals surface area contributed by atoms with Crippen molar-refractivity contribution in [3.05, 3.63) is 33.0 Å². The molecule has 0 atom stereocenters. The average molecular weight is 540 g/mol. The molecule has 10 nitrogen and oxygen atoms in total. The molecule has 4 N–H and O–H groups in total. The fourth-order valence-corrected chi connectivity index (χ4v) is 5.52. The highest BCUT2D eigenvalue weighted by molar-refractivity contribution is 7.14. The molecular weight excluding hydrogens is 502 g/mol. The quantitative estimate of drug-likeness (QED) is 0.315. The zero-order chi connectivity index (χ0) is 27.3. The molecule has 12 heteroatoms. The Labute approximate surface area is 220 Å². The number of nitrogens with one attached hydrogen (secondary N) is 2. The van der Waals surface area contributed by atoms with Gasteiger partial charge in [-0.2, -0.15) is 0 Å². The SMILES string of the molecule is CC(=O)Nc1nc(CCc2ccc(CCNC(N(C(=O)O)C(C)(C)C)N(C(=O)O)C(C)(C)C)s2)cs1. The summed E-state index contributed by atoms with van der Waals surface area (Å²) in [4.78, 5) is 44.5. The first kappa shape index (κ1) is 29.5. The number of hydrogen-bond acceptors (Lipinski definition) is 7. The van der Waals surface area contributed by atoms with Crippen LogP contribution in [0, 0.1) is 0 Å². The highest BCUT2D eigenvalue weighted by Crippen LogP contribution is 2.25. The number of aryl methyl sites for hydroxylation is 2. The monoisotopic (exact) mass is 539 g/mol. The van der Waals surface area contributed by atoms with Gasteiger partial charge in [-0.1, -0.05) is 0 Å². The van der Waals surface area contributed by atoms with Gasteiger partial charge in [-0.3, -0.25) is 19.9 Å². The van der Waals surface area contributed by atoms with Gasteiger partial charge in [0.2, 0.25) is 5.91 Å². The van der Waals surface area contributed by atoms with Crippen molar-refractivity contribution in [2.75, 3.05) is 11.9 Å². The Kier molecular flexibility index (Phi) is 9.86. The summed E-state index contributed by atoms with van der Waals surface area (Å²) in [6, 6.07) is 4.11. The van der Waals surface area contributed by atoms with E-state index in [9.17, 15) is 24.6 Å². The van der Waals surface area contributed by atoms with E-state index in [-0.39, 0.29) is 5.91 Å². The molecule has 0 aliphatic heterocycles. The lowest BCUT2D eigenvalue weighted by Gasteiger charge is -2.48. The van der Waals surface area contributed by atoms with Gasteiger partial charge >= 0.3 is 12.2 Å². The second-order valence-corrected chi connectivity index (χ2v) is 12.5. The number of thiophene rings is 1. The van der Waals surface area contributed by atoms with Crippen LogP contribution in [0.15, 0.2) is 17.5 Å². The number of thiazole rings is 1. The van der Waals surface area contributed by atoms with E-state index in [1.165, 1.54) is 23.1 Å². The fourth-order valence-electron chi connectivity index (χ4n) is 3.71. The summed E-state index contributed by atoms with van der Waals surface area (Å²) in [5.74, 6) is -0.141. The number of carbonyl (C=O) groups excluding carboxylic acids is 1. The molecule has 0 unspecified atom stereocenters. The van der Waals surface area contributed by atoms with Gasteiger partial charge < -0.3 is 15.5 Å². The van der Waals surface area contributed by atoms with E-state index in [4.69, 9.17) is 0 Å². The molecule has 0 fully saturated rings. The zero-order valence-electron chi connectivity index (χ0n) is 21.9. The average Bonchev–Trinajstić information content (AvgIpc) is 3.32. The van der Waals surface area contributed by atoms with Gasteiger partial charge in [-0.15, -0.1) is 22.7 Å². The topological polar surface area (TPSA) is 135 Å². The van der Waals surface area contributed by atoms with Crippen LogP contribution in [0.3, 0.4) is 0 Å². The molecule has 2 heterocycles. The summed E-state index contributed by atoms with van der Waals surface area (Å²) < 4.78 is 0. The molecule has 0 aliphatic rings. The minimum Gasteiger partial charge on any atom is -0.465 e. The third-order valence-corrected chi connectivity index (χ3v) is 7.24. The second kappa shape index (κ2) is 12.0. The van der Waals surface area contributed by atoms with E-state index >= 15 is 0 Å². The number of rotatable bonds is 10. The van der Waals surface area contributed by atoms with Crippen molar-refractivity contribution in [1.82, 2.24) is 20.1 Å². The van der Waals surface area contributed by atoms with E-state index in [0.717, 1.165) is 33.2 Å². The van der Waals surface area contributed by atoms with Gasteiger partial charge in [-0.25, -0.2) is 14.6 Å². The van der Waals surface area contributed by atoms with Crippen molar-refractivity contribution < 1.29 is 24.6 Å². The number of carbonyl (C=O) groups is 3. The van der Waals surface area contributed by atoms with Crippen molar-refractivity contribution in [1.29, 1.82) is 0 Å². The minimum atomic E-state index is -1.20. The van der Waals surface area contributed by atoms with E-state index in [2.05, 4.69) is 21.7 Å². The lowest BCUT2D eigenvalue weighted by Crippen LogP contribution is -2.68. The molecule has 0 spiro atoms. The Morgan fingerprint density at radius 3 is 1.94 bits per heavy atom. The van der Waals surface area contributed by atoms with E-state index in [1.54, 1.807) is 52.9 Å². The first-order chi connectivity index (χ1) is 16.6. The van der Waals surface area contributed by atoms with E-state index in [1.807, 2.05) is 11.4 Å². The molecule has 2 aromatic rings. The highest BCUT2D eigenvalue weighted by atomic mass is 32.1. The predicted molar refractivity (Wildman–Crippen MR) is 143 cm³/mol. The highest BCUT2D eigenvalue weighted by Gasteiger charge is 2.42. The van der Waals surface area contributed by atoms with Crippen LogP contribution < -0.4 is 10.6 Å². The molecule has 0 bridgehead atoms. The van der Waals surface area contributed by atoms with E-state index in [0.29, 0.717) is 18.1 Å². The van der Waals surface area contributed by atoms with E-state index < -0.39 is 29.6 Å². The summed E-state index contributed by atoms with van der Waals surface area (Å²) in [5.41, 5.74) is -0.725. The summed E-state index contributed by atoms with van der Waals surface area (Å²) in [6.45, 7) is 12.3. The summed E-state index contributed by atoms with van der Waals surface area (Å²) in [7, 11) is 0. The molecule has 0 radical (unpaired) electrons. The summed E-state index contributed by atoms with van der Waals surface area (Å²) >= 11 is 3.07. The largest absolute Gasteiger partial charge is 0.465 e. The molecule has 36 heavy (non-hydrogen) atoms. The number of anilines is 1. The Bertz CT molecular complexity index is 1020. The number of hydrogen-bond donors (Lipinski definition) is 4. The van der Waals surface area contributed by atoms with Crippen molar-refractivity contribution in [3.8, 4) is 0 Å². The van der Waals surface area contributed by atoms with Gasteiger partial charge in [0.05, 0.1) is 5.69 Å². The third-order valence-electron chi connectivity index (χ3n) is 5.22. The lowest BCUT2D eigenvalue weighted by molar-refractivity contribution is -0.114. The summed E-state index contributed by atoms with van der Waals surface area (Å²) in [5, 5.41) is 28.3. The molecule has 0 aromatic carbocycles. The molecule has 0 aliphatic carbocycles. The summed E-state index contributed by atoms with van der Waals surface area (Å²) in [6.07, 6.45) is -1.25. The lowest BCUT2D eigenvalue weighted by atomic mass is 10.0. The van der Waals surface area contributed by atoms with Crippen molar-refractivity contribution >= 4 is 45.9 Å². The van der Waals surface area contributed by atoms with Crippen LogP contribution in [0.2, 0.25) is 0 Å². The Balaban J connectivity index is 2.06. The van der Waals surface area contributed by atoms with Crippen LogP contribution in [0.25, 0.3) is 0 Å². The van der Waals surface area contributed by atoms with Crippen LogP contribution in [-0.2, 0) is 24.1 Å². The molecule has 2 aromatic heterocycles. The maximum Gasteiger partial charge on any atom is 0.410 e. The first-order valence-corrected chi connectivity index (χ1v) is 13.4. The fraction of sp³-hybridized carbons (Fsp3) is 0.583. The van der Waals surface area contributed by atoms with Crippen LogP contribution in [0.5, 0.6) is 0 Å². The molecule has 0 saturated carbocycles. The molecule has 2 rings (SSSR count). The van der Waals surface area contributed by atoms with Crippen LogP contribution in [0.1, 0.15) is 63.9 Å². The Morgan fingerprint density at radius 1 is 0.944 bits per heavy atom. The molecule has 3 amide bonds. The van der Waals surface area contributed by atoms with Crippen molar-refractivity contribution in [3.63, 3.8) is 0 Å². The Hall–Kier alpha value is -2.70. The third kappa shape index (κ3) is 8.45. The van der Waals surface area contributed by atoms with Crippen LogP contribution in [-0.4, -0.2) is 67.0 Å². The number of carboxylic acid groups (broad SMARTS) is 2.